The van der Waals surface area contributed by atoms with Gasteiger partial charge < -0.3 is 14.7 Å². The molecule has 54 valence electrons. The van der Waals surface area contributed by atoms with Crippen molar-refractivity contribution in [1.82, 2.24) is 9.36 Å². The summed E-state index contributed by atoms with van der Waals surface area (Å²) in [6, 6.07) is 0. The van der Waals surface area contributed by atoms with Crippen LogP contribution < -0.4 is 5.32 Å². The summed E-state index contributed by atoms with van der Waals surface area (Å²) in [5.41, 5.74) is 0. The van der Waals surface area contributed by atoms with Gasteiger partial charge in [-0.05, 0) is 6.33 Å². The number of carbonyl (C=O) groups is 1. The second-order valence-electron chi connectivity index (χ2n) is 1.38. The van der Waals surface area contributed by atoms with E-state index >= 15 is 0 Å². The van der Waals surface area contributed by atoms with Crippen LogP contribution in [0, 0.1) is 6.33 Å². The van der Waals surface area contributed by atoms with Crippen LogP contribution in [0.15, 0.2) is 0 Å². The van der Waals surface area contributed by atoms with Crippen LogP contribution in [0.1, 0.15) is 0 Å². The number of anilines is 1. The number of rotatable bonds is 2. The number of amides is 1. The van der Waals surface area contributed by atoms with Crippen LogP contribution in [0.5, 0.6) is 0 Å². The molecule has 1 heterocycles. The van der Waals surface area contributed by atoms with Gasteiger partial charge in [0.2, 0.25) is 5.91 Å². The van der Waals surface area contributed by atoms with Crippen LogP contribution in [0.3, 0.4) is 0 Å². The minimum absolute atomic E-state index is 0. The van der Waals surface area contributed by atoms with Gasteiger partial charge in [0, 0.05) is 5.13 Å². The minimum Gasteiger partial charge on any atom is -0.406 e. The van der Waals surface area contributed by atoms with Gasteiger partial charge in [-0.2, -0.15) is 0 Å². The molecule has 4 nitrogen and oxygen atoms in total. The first-order chi connectivity index (χ1) is 4.83. The second-order valence-corrected chi connectivity index (χ2v) is 2.40. The zero-order valence-corrected chi connectivity index (χ0v) is 9.78. The molecule has 0 unspecified atom stereocenters. The molecule has 0 saturated heterocycles. The summed E-state index contributed by atoms with van der Waals surface area (Å²) in [5, 5.41) is 2.84. The number of hydrogen-bond acceptors (Lipinski definition) is 4. The smallest absolute Gasteiger partial charge is 0.406 e. The fourth-order valence-electron chi connectivity index (χ4n) is 0.353. The number of nitrogens with one attached hydrogen (secondary N) is 1. The zero-order valence-electron chi connectivity index (χ0n) is 5.37. The Kier molecular flexibility index (Phi) is 6.23. The third-order valence-corrected chi connectivity index (χ3v) is 1.47. The van der Waals surface area contributed by atoms with Crippen molar-refractivity contribution in [3.8, 4) is 0 Å². The monoisotopic (exact) mass is 265 g/mol. The van der Waals surface area contributed by atoms with Gasteiger partial charge >= 0.3 is 32.7 Å². The normalized spacial score (nSPS) is 8.45. The quantitative estimate of drug-likeness (QED) is 0.626. The van der Waals surface area contributed by atoms with Gasteiger partial charge in [-0.25, -0.2) is 0 Å². The SMILES string of the molecule is O=C(CCl)Nc1n[c-]ns1.[Y+3]. The van der Waals surface area contributed by atoms with Gasteiger partial charge in [0.1, 0.15) is 5.88 Å². The maximum Gasteiger partial charge on any atom is 3.00 e. The van der Waals surface area contributed by atoms with Crippen molar-refractivity contribution in [3.63, 3.8) is 0 Å². The molecular weight excluding hydrogens is 262 g/mol. The molecule has 0 radical (unpaired) electrons. The largest absolute Gasteiger partial charge is 3.00 e. The molecule has 0 bridgehead atoms. The van der Waals surface area contributed by atoms with Crippen molar-refractivity contribution < 1.29 is 37.5 Å². The second kappa shape index (κ2) is 6.00. The van der Waals surface area contributed by atoms with Crippen LogP contribution in [0.2, 0.25) is 0 Å². The molecule has 1 N–H and O–H groups in total. The molecule has 1 aromatic heterocycles. The van der Waals surface area contributed by atoms with Gasteiger partial charge in [-0.3, -0.25) is 4.79 Å². The summed E-state index contributed by atoms with van der Waals surface area (Å²) < 4.78 is 3.56. The fourth-order valence-corrected chi connectivity index (χ4v) is 0.829. The van der Waals surface area contributed by atoms with E-state index in [4.69, 9.17) is 11.6 Å². The Labute approximate surface area is 97.8 Å². The van der Waals surface area contributed by atoms with E-state index in [9.17, 15) is 4.79 Å². The fraction of sp³-hybridized carbons (Fsp3) is 0.250. The Morgan fingerprint density at radius 1 is 1.82 bits per heavy atom. The topological polar surface area (TPSA) is 54.9 Å². The molecule has 0 aromatic carbocycles. The third kappa shape index (κ3) is 4.10. The number of halogens is 1. The van der Waals surface area contributed by atoms with Gasteiger partial charge in [0.15, 0.2) is 0 Å². The van der Waals surface area contributed by atoms with E-state index in [0.717, 1.165) is 11.5 Å². The zero-order chi connectivity index (χ0) is 7.40. The van der Waals surface area contributed by atoms with Crippen molar-refractivity contribution >= 4 is 34.2 Å². The van der Waals surface area contributed by atoms with E-state index < -0.39 is 0 Å². The van der Waals surface area contributed by atoms with Gasteiger partial charge in [0.05, 0.1) is 0 Å². The number of alkyl halides is 1. The molecule has 1 amide bonds. The van der Waals surface area contributed by atoms with Gasteiger partial charge in [0.25, 0.3) is 0 Å². The minimum atomic E-state index is -0.285. The van der Waals surface area contributed by atoms with Gasteiger partial charge in [-0.1, -0.05) is 0 Å². The summed E-state index contributed by atoms with van der Waals surface area (Å²) in [7, 11) is 0. The number of nitrogens with zero attached hydrogens (tertiary/aromatic N) is 2. The average molecular weight is 266 g/mol. The first-order valence-electron chi connectivity index (χ1n) is 2.38. The van der Waals surface area contributed by atoms with Crippen LogP contribution in [0.4, 0.5) is 5.13 Å². The molecule has 0 saturated carbocycles. The Balaban J connectivity index is 0.000001000. The molecule has 0 aliphatic rings. The van der Waals surface area contributed by atoms with Crippen molar-refractivity contribution in [2.24, 2.45) is 0 Å². The molecule has 1 rings (SSSR count). The first kappa shape index (κ1) is 11.4. The maximum atomic E-state index is 10.6. The molecule has 0 aliphatic carbocycles. The number of aromatic nitrogens is 2. The van der Waals surface area contributed by atoms with E-state index in [1.165, 1.54) is 0 Å². The van der Waals surface area contributed by atoms with E-state index in [1.54, 1.807) is 0 Å². The summed E-state index contributed by atoms with van der Waals surface area (Å²) in [5.74, 6) is -0.355. The molecule has 0 fully saturated rings. The van der Waals surface area contributed by atoms with Crippen molar-refractivity contribution in [1.29, 1.82) is 0 Å². The summed E-state index contributed by atoms with van der Waals surface area (Å²) in [6.07, 6.45) is 2.32. The van der Waals surface area contributed by atoms with E-state index in [0.29, 0.717) is 5.13 Å². The van der Waals surface area contributed by atoms with Crippen LogP contribution in [-0.4, -0.2) is 21.1 Å². The van der Waals surface area contributed by atoms with Crippen LogP contribution in [-0.2, 0) is 37.5 Å². The average Bonchev–Trinajstić information content (AvgIpc) is 2.40. The number of carbonyl (C=O) groups excluding carboxylic acids is 1. The van der Waals surface area contributed by atoms with Crippen molar-refractivity contribution in [2.75, 3.05) is 11.2 Å². The van der Waals surface area contributed by atoms with Gasteiger partial charge in [-0.15, -0.1) is 23.1 Å². The molecule has 1 aromatic rings. The van der Waals surface area contributed by atoms with Crippen LogP contribution >= 0.6 is 23.1 Å². The summed E-state index contributed by atoms with van der Waals surface area (Å²) in [4.78, 5) is 14.2. The summed E-state index contributed by atoms with van der Waals surface area (Å²) >= 11 is 6.26. The standard InChI is InChI=1S/C4H3ClN3OS.Y/c5-1-3(9)8-4-6-2-7-10-4;/h1H2,(H,6,7,8,9);/q-1;+3. The molecule has 7 heteroatoms. The molecule has 11 heavy (non-hydrogen) atoms. The van der Waals surface area contributed by atoms with E-state index in [2.05, 4.69) is 21.0 Å². The predicted octanol–water partition coefficient (Wildman–Crippen LogP) is 0.513. The van der Waals surface area contributed by atoms with E-state index in [-0.39, 0.29) is 44.5 Å². The van der Waals surface area contributed by atoms with Crippen LogP contribution in [0.25, 0.3) is 0 Å². The van der Waals surface area contributed by atoms with Crippen molar-refractivity contribution in [2.45, 2.75) is 0 Å². The number of hydrogen-bond donors (Lipinski definition) is 1. The maximum absolute atomic E-state index is 10.6. The molecule has 0 atom stereocenters. The van der Waals surface area contributed by atoms with Crippen molar-refractivity contribution in [3.05, 3.63) is 6.33 Å². The molecular formula is C4H3ClN3OSY+2. The Bertz CT molecular complexity index is 217. The third-order valence-electron chi connectivity index (χ3n) is 0.692. The first-order valence-corrected chi connectivity index (χ1v) is 3.69. The Hall–Kier alpha value is 0.424. The molecule has 0 aliphatic heterocycles. The van der Waals surface area contributed by atoms with E-state index in [1.807, 2.05) is 0 Å². The Morgan fingerprint density at radius 2 is 2.55 bits per heavy atom. The molecule has 0 spiro atoms. The Morgan fingerprint density at radius 3 is 3.00 bits per heavy atom. The summed E-state index contributed by atoms with van der Waals surface area (Å²) in [6.45, 7) is 0. The predicted molar refractivity (Wildman–Crippen MR) is 38.1 cm³/mol.